The Labute approximate surface area is 230 Å². The highest BCUT2D eigenvalue weighted by Crippen LogP contribution is 2.22. The van der Waals surface area contributed by atoms with Crippen molar-refractivity contribution < 1.29 is 19.1 Å². The van der Waals surface area contributed by atoms with E-state index in [4.69, 9.17) is 9.47 Å². The van der Waals surface area contributed by atoms with Crippen LogP contribution in [0.4, 0.5) is 5.82 Å². The molecule has 2 aromatic carbocycles. The Morgan fingerprint density at radius 3 is 2.13 bits per heavy atom. The van der Waals surface area contributed by atoms with Gasteiger partial charge in [-0.2, -0.15) is 0 Å². The van der Waals surface area contributed by atoms with Gasteiger partial charge >= 0.3 is 0 Å². The number of benzene rings is 2. The van der Waals surface area contributed by atoms with Gasteiger partial charge in [0.2, 0.25) is 5.91 Å². The predicted octanol–water partition coefficient (Wildman–Crippen LogP) is 4.14. The fourth-order valence-electron chi connectivity index (χ4n) is 4.60. The summed E-state index contributed by atoms with van der Waals surface area (Å²) in [7, 11) is 3.23. The van der Waals surface area contributed by atoms with Crippen molar-refractivity contribution >= 4 is 17.6 Å². The fourth-order valence-corrected chi connectivity index (χ4v) is 4.60. The van der Waals surface area contributed by atoms with Crippen molar-refractivity contribution in [3.63, 3.8) is 0 Å². The first kappa shape index (κ1) is 27.9. The SMILES string of the molecule is CCC(C)N(CC(=O)N1CCCN(c2ccc(-c3ccc(OC)cc3)nn2)CC1)C(=O)c1ccc(OC)cc1. The first-order valence-electron chi connectivity index (χ1n) is 13.4. The number of carbonyl (C=O) groups excluding carboxylic acids is 2. The van der Waals surface area contributed by atoms with Gasteiger partial charge in [-0.1, -0.05) is 6.92 Å². The van der Waals surface area contributed by atoms with Crippen molar-refractivity contribution in [2.45, 2.75) is 32.7 Å². The van der Waals surface area contributed by atoms with Gasteiger partial charge < -0.3 is 24.2 Å². The molecule has 1 aliphatic rings. The normalized spacial score (nSPS) is 14.4. The van der Waals surface area contributed by atoms with E-state index in [1.54, 1.807) is 43.4 Å². The number of carbonyl (C=O) groups is 2. The molecule has 1 atom stereocenters. The zero-order valence-electron chi connectivity index (χ0n) is 23.2. The Balaban J connectivity index is 1.38. The summed E-state index contributed by atoms with van der Waals surface area (Å²) in [5.41, 5.74) is 2.31. The molecule has 9 heteroatoms. The summed E-state index contributed by atoms with van der Waals surface area (Å²) in [5.74, 6) is 2.08. The lowest BCUT2D eigenvalue weighted by Gasteiger charge is -2.31. The third-order valence-corrected chi connectivity index (χ3v) is 7.24. The van der Waals surface area contributed by atoms with E-state index in [1.165, 1.54) is 0 Å². The Kier molecular flexibility index (Phi) is 9.35. The molecular weight excluding hydrogens is 494 g/mol. The molecule has 1 aromatic heterocycles. The lowest BCUT2D eigenvalue weighted by Crippen LogP contribution is -2.47. The summed E-state index contributed by atoms with van der Waals surface area (Å²) >= 11 is 0. The lowest BCUT2D eigenvalue weighted by molar-refractivity contribution is -0.132. The fraction of sp³-hybridized carbons (Fsp3) is 0.400. The second kappa shape index (κ2) is 13.1. The van der Waals surface area contributed by atoms with Crippen molar-refractivity contribution in [1.82, 2.24) is 20.0 Å². The number of rotatable bonds is 9. The molecule has 0 N–H and O–H groups in total. The highest BCUT2D eigenvalue weighted by atomic mass is 16.5. The number of methoxy groups -OCH3 is 2. The number of hydrogen-bond acceptors (Lipinski definition) is 7. The second-order valence-electron chi connectivity index (χ2n) is 9.65. The predicted molar refractivity (Wildman–Crippen MR) is 151 cm³/mol. The molecule has 1 aliphatic heterocycles. The molecular formula is C30H37N5O4. The monoisotopic (exact) mass is 531 g/mol. The Morgan fingerprint density at radius 2 is 1.54 bits per heavy atom. The minimum Gasteiger partial charge on any atom is -0.497 e. The Hall–Kier alpha value is -4.14. The number of ether oxygens (including phenoxy) is 2. The maximum absolute atomic E-state index is 13.4. The van der Waals surface area contributed by atoms with Gasteiger partial charge in [0, 0.05) is 43.3 Å². The molecule has 0 radical (unpaired) electrons. The average Bonchev–Trinajstić information content (AvgIpc) is 3.26. The van der Waals surface area contributed by atoms with Crippen LogP contribution in [0.5, 0.6) is 11.5 Å². The summed E-state index contributed by atoms with van der Waals surface area (Å²) in [6.45, 7) is 6.68. The summed E-state index contributed by atoms with van der Waals surface area (Å²) in [4.78, 5) is 32.4. The highest BCUT2D eigenvalue weighted by Gasteiger charge is 2.27. The maximum Gasteiger partial charge on any atom is 0.254 e. The van der Waals surface area contributed by atoms with Gasteiger partial charge in [-0.25, -0.2) is 0 Å². The molecule has 2 heterocycles. The van der Waals surface area contributed by atoms with E-state index >= 15 is 0 Å². The summed E-state index contributed by atoms with van der Waals surface area (Å²) in [5, 5.41) is 8.89. The van der Waals surface area contributed by atoms with Crippen LogP contribution in [0.1, 0.15) is 37.0 Å². The van der Waals surface area contributed by atoms with Crippen molar-refractivity contribution in [2.75, 3.05) is 51.8 Å². The minimum atomic E-state index is -0.149. The molecule has 3 aromatic rings. The molecule has 0 aliphatic carbocycles. The van der Waals surface area contributed by atoms with Gasteiger partial charge in [0.25, 0.3) is 5.91 Å². The summed E-state index contributed by atoms with van der Waals surface area (Å²) in [6, 6.07) is 18.6. The largest absolute Gasteiger partial charge is 0.497 e. The molecule has 1 unspecified atom stereocenters. The maximum atomic E-state index is 13.4. The van der Waals surface area contributed by atoms with E-state index < -0.39 is 0 Å². The molecule has 2 amide bonds. The zero-order valence-corrected chi connectivity index (χ0v) is 23.2. The number of amides is 2. The summed E-state index contributed by atoms with van der Waals surface area (Å²) < 4.78 is 10.4. The molecule has 9 nitrogen and oxygen atoms in total. The van der Waals surface area contributed by atoms with Gasteiger partial charge in [0.05, 0.1) is 19.9 Å². The van der Waals surface area contributed by atoms with Crippen molar-refractivity contribution in [2.24, 2.45) is 0 Å². The van der Waals surface area contributed by atoms with Crippen LogP contribution in [0, 0.1) is 0 Å². The van der Waals surface area contributed by atoms with Gasteiger partial charge in [0.1, 0.15) is 18.0 Å². The first-order chi connectivity index (χ1) is 18.9. The molecule has 0 spiro atoms. The van der Waals surface area contributed by atoms with E-state index in [1.807, 2.05) is 55.1 Å². The van der Waals surface area contributed by atoms with Crippen LogP contribution < -0.4 is 14.4 Å². The van der Waals surface area contributed by atoms with Crippen LogP contribution in [0.3, 0.4) is 0 Å². The quantitative estimate of drug-likeness (QED) is 0.410. The Bertz CT molecular complexity index is 1230. The molecule has 206 valence electrons. The molecule has 0 bridgehead atoms. The highest BCUT2D eigenvalue weighted by molar-refractivity contribution is 5.96. The van der Waals surface area contributed by atoms with Crippen LogP contribution in [0.15, 0.2) is 60.7 Å². The molecule has 1 saturated heterocycles. The molecule has 0 saturated carbocycles. The average molecular weight is 532 g/mol. The number of aromatic nitrogens is 2. The number of anilines is 1. The van der Waals surface area contributed by atoms with Gasteiger partial charge in [-0.15, -0.1) is 10.2 Å². The zero-order chi connectivity index (χ0) is 27.8. The van der Waals surface area contributed by atoms with E-state index in [2.05, 4.69) is 15.1 Å². The third kappa shape index (κ3) is 6.85. The molecule has 4 rings (SSSR count). The molecule has 39 heavy (non-hydrogen) atoms. The van der Waals surface area contributed by atoms with E-state index in [9.17, 15) is 9.59 Å². The van der Waals surface area contributed by atoms with Crippen molar-refractivity contribution in [3.05, 3.63) is 66.2 Å². The van der Waals surface area contributed by atoms with Crippen LogP contribution in [0.2, 0.25) is 0 Å². The van der Waals surface area contributed by atoms with E-state index in [0.29, 0.717) is 30.9 Å². The van der Waals surface area contributed by atoms with Crippen LogP contribution >= 0.6 is 0 Å². The number of nitrogens with zero attached hydrogens (tertiary/aromatic N) is 5. The minimum absolute atomic E-state index is 0.0417. The second-order valence-corrected chi connectivity index (χ2v) is 9.65. The smallest absolute Gasteiger partial charge is 0.254 e. The lowest BCUT2D eigenvalue weighted by atomic mass is 10.1. The van der Waals surface area contributed by atoms with E-state index in [-0.39, 0.29) is 24.4 Å². The van der Waals surface area contributed by atoms with Crippen LogP contribution in [-0.4, -0.2) is 84.8 Å². The Morgan fingerprint density at radius 1 is 0.872 bits per heavy atom. The van der Waals surface area contributed by atoms with Crippen molar-refractivity contribution in [3.8, 4) is 22.8 Å². The van der Waals surface area contributed by atoms with Gasteiger partial charge in [-0.3, -0.25) is 9.59 Å². The first-order valence-corrected chi connectivity index (χ1v) is 13.4. The number of hydrogen-bond donors (Lipinski definition) is 0. The van der Waals surface area contributed by atoms with Crippen LogP contribution in [0.25, 0.3) is 11.3 Å². The third-order valence-electron chi connectivity index (χ3n) is 7.24. The van der Waals surface area contributed by atoms with Gasteiger partial charge in [0.15, 0.2) is 5.82 Å². The van der Waals surface area contributed by atoms with Crippen LogP contribution in [-0.2, 0) is 4.79 Å². The topological polar surface area (TPSA) is 88.1 Å². The van der Waals surface area contributed by atoms with Crippen molar-refractivity contribution in [1.29, 1.82) is 0 Å². The summed E-state index contributed by atoms with van der Waals surface area (Å²) in [6.07, 6.45) is 1.57. The molecule has 1 fully saturated rings. The standard InChI is InChI=1S/C30H37N5O4/c1-5-22(2)35(30(37)24-9-13-26(39-4)14-10-24)21-29(36)34-18-6-17-33(19-20-34)28-16-15-27(31-32-28)23-7-11-25(38-3)12-8-23/h7-16,22H,5-6,17-21H2,1-4H3. The van der Waals surface area contributed by atoms with Gasteiger partial charge in [-0.05, 0) is 80.4 Å². The van der Waals surface area contributed by atoms with E-state index in [0.717, 1.165) is 42.2 Å².